The molecule has 6 nitrogen and oxygen atoms in total. The van der Waals surface area contributed by atoms with Gasteiger partial charge in [0, 0.05) is 33.4 Å². The summed E-state index contributed by atoms with van der Waals surface area (Å²) in [6, 6.07) is 11.9. The third kappa shape index (κ3) is 6.45. The van der Waals surface area contributed by atoms with Crippen molar-refractivity contribution < 1.29 is 17.6 Å². The number of anilines is 1. The number of nitrogens with zero attached hydrogens (tertiary/aromatic N) is 2. The summed E-state index contributed by atoms with van der Waals surface area (Å²) >= 11 is 1.51. The van der Waals surface area contributed by atoms with Gasteiger partial charge in [-0.05, 0) is 48.3 Å². The van der Waals surface area contributed by atoms with Crippen LogP contribution in [0.1, 0.15) is 12.0 Å². The van der Waals surface area contributed by atoms with Crippen LogP contribution >= 0.6 is 11.8 Å². The second-order valence-electron chi connectivity index (χ2n) is 7.14. The number of likely N-dealkylation sites (N-methyl/N-ethyl adjacent to an activating group) is 1. The molecule has 0 heterocycles. The van der Waals surface area contributed by atoms with Gasteiger partial charge in [-0.25, -0.2) is 12.8 Å². The molecule has 1 N–H and O–H groups in total. The Bertz CT molecular complexity index is 950. The standard InChI is InChI=1S/C21H28FN3O3S2/c1-24(2)17-11-9-16(10-12-17)15-25(3)21(26)19(13-14-29-4)23-30(27,28)20-8-6-5-7-18(20)22/h5-12,19,23H,13-15H2,1-4H3. The smallest absolute Gasteiger partial charge is 0.244 e. The van der Waals surface area contributed by atoms with E-state index in [-0.39, 0.29) is 5.91 Å². The third-order valence-electron chi connectivity index (χ3n) is 4.58. The zero-order valence-corrected chi connectivity index (χ0v) is 19.3. The van der Waals surface area contributed by atoms with Crippen molar-refractivity contribution in [1.29, 1.82) is 0 Å². The lowest BCUT2D eigenvalue weighted by atomic mass is 10.1. The average Bonchev–Trinajstić information content (AvgIpc) is 2.71. The highest BCUT2D eigenvalue weighted by Crippen LogP contribution is 2.17. The summed E-state index contributed by atoms with van der Waals surface area (Å²) in [4.78, 5) is 16.0. The molecule has 0 spiro atoms. The molecule has 0 saturated heterocycles. The Hall–Kier alpha value is -2.10. The number of carbonyl (C=O) groups is 1. The summed E-state index contributed by atoms with van der Waals surface area (Å²) in [7, 11) is 1.35. The zero-order chi connectivity index (χ0) is 22.3. The highest BCUT2D eigenvalue weighted by Gasteiger charge is 2.29. The van der Waals surface area contributed by atoms with Crippen LogP contribution in [0.4, 0.5) is 10.1 Å². The van der Waals surface area contributed by atoms with E-state index in [2.05, 4.69) is 4.72 Å². The number of benzene rings is 2. The van der Waals surface area contributed by atoms with Gasteiger partial charge >= 0.3 is 0 Å². The molecule has 0 aromatic heterocycles. The normalized spacial score (nSPS) is 12.4. The van der Waals surface area contributed by atoms with Crippen molar-refractivity contribution in [3.63, 3.8) is 0 Å². The van der Waals surface area contributed by atoms with Crippen LogP contribution in [-0.4, -0.2) is 58.4 Å². The van der Waals surface area contributed by atoms with Crippen molar-refractivity contribution >= 4 is 33.4 Å². The van der Waals surface area contributed by atoms with Gasteiger partial charge in [-0.1, -0.05) is 24.3 Å². The van der Waals surface area contributed by atoms with E-state index in [1.807, 2.05) is 49.5 Å². The molecule has 0 saturated carbocycles. The van der Waals surface area contributed by atoms with E-state index in [0.29, 0.717) is 18.7 Å². The summed E-state index contributed by atoms with van der Waals surface area (Å²) in [5.74, 6) is -0.627. The van der Waals surface area contributed by atoms with Crippen molar-refractivity contribution in [2.24, 2.45) is 0 Å². The number of thioether (sulfide) groups is 1. The number of halogens is 1. The molecule has 0 aliphatic heterocycles. The number of rotatable bonds is 10. The second kappa shape index (κ2) is 10.8. The first-order valence-corrected chi connectivity index (χ1v) is 12.3. The molecule has 2 aromatic carbocycles. The molecule has 164 valence electrons. The van der Waals surface area contributed by atoms with Crippen LogP contribution in [0.3, 0.4) is 0 Å². The summed E-state index contributed by atoms with van der Waals surface area (Å²) in [5.41, 5.74) is 1.97. The predicted octanol–water partition coefficient (Wildman–Crippen LogP) is 2.95. The third-order valence-corrected chi connectivity index (χ3v) is 6.73. The van der Waals surface area contributed by atoms with Gasteiger partial charge in [0.1, 0.15) is 16.8 Å². The maximum atomic E-state index is 14.0. The van der Waals surface area contributed by atoms with Gasteiger partial charge < -0.3 is 9.80 Å². The molecular formula is C21H28FN3O3S2. The van der Waals surface area contributed by atoms with E-state index in [9.17, 15) is 17.6 Å². The van der Waals surface area contributed by atoms with Crippen molar-refractivity contribution in [3.8, 4) is 0 Å². The molecule has 0 aliphatic rings. The highest BCUT2D eigenvalue weighted by molar-refractivity contribution is 7.98. The van der Waals surface area contributed by atoms with E-state index in [0.717, 1.165) is 17.3 Å². The molecule has 1 unspecified atom stereocenters. The van der Waals surface area contributed by atoms with Gasteiger partial charge in [-0.3, -0.25) is 4.79 Å². The Balaban J connectivity index is 2.16. The minimum absolute atomic E-state index is 0.303. The van der Waals surface area contributed by atoms with E-state index < -0.39 is 26.8 Å². The fourth-order valence-electron chi connectivity index (χ4n) is 2.90. The van der Waals surface area contributed by atoms with Crippen molar-refractivity contribution in [3.05, 3.63) is 59.9 Å². The van der Waals surface area contributed by atoms with Crippen LogP contribution in [0, 0.1) is 5.82 Å². The Morgan fingerprint density at radius 3 is 2.30 bits per heavy atom. The van der Waals surface area contributed by atoms with Crippen LogP contribution in [-0.2, 0) is 21.4 Å². The lowest BCUT2D eigenvalue weighted by molar-refractivity contribution is -0.132. The first-order valence-electron chi connectivity index (χ1n) is 9.42. The maximum absolute atomic E-state index is 14.0. The molecule has 2 rings (SSSR count). The van der Waals surface area contributed by atoms with Gasteiger partial charge in [0.2, 0.25) is 15.9 Å². The highest BCUT2D eigenvalue weighted by atomic mass is 32.2. The van der Waals surface area contributed by atoms with E-state index >= 15 is 0 Å². The van der Waals surface area contributed by atoms with Crippen molar-refractivity contribution in [1.82, 2.24) is 9.62 Å². The quantitative estimate of drug-likeness (QED) is 0.599. The first kappa shape index (κ1) is 24.2. The Morgan fingerprint density at radius 1 is 1.10 bits per heavy atom. The molecule has 0 bridgehead atoms. The summed E-state index contributed by atoms with van der Waals surface area (Å²) in [6.07, 6.45) is 2.18. The molecule has 0 aliphatic carbocycles. The molecule has 1 atom stereocenters. The molecule has 1 amide bonds. The number of sulfonamides is 1. The van der Waals surface area contributed by atoms with Gasteiger partial charge in [0.15, 0.2) is 0 Å². The lowest BCUT2D eigenvalue weighted by Gasteiger charge is -2.25. The summed E-state index contributed by atoms with van der Waals surface area (Å²) in [6.45, 7) is 0.337. The number of amides is 1. The predicted molar refractivity (Wildman–Crippen MR) is 121 cm³/mol. The van der Waals surface area contributed by atoms with E-state index in [1.165, 1.54) is 34.9 Å². The molecule has 9 heteroatoms. The van der Waals surface area contributed by atoms with Crippen molar-refractivity contribution in [2.45, 2.75) is 23.9 Å². The van der Waals surface area contributed by atoms with Crippen LogP contribution in [0.2, 0.25) is 0 Å². The fraction of sp³-hybridized carbons (Fsp3) is 0.381. The Labute approximate surface area is 182 Å². The number of carbonyl (C=O) groups excluding carboxylic acids is 1. The van der Waals surface area contributed by atoms with Crippen molar-refractivity contribution in [2.75, 3.05) is 38.1 Å². The fourth-order valence-corrected chi connectivity index (χ4v) is 4.67. The minimum atomic E-state index is -4.17. The number of hydrogen-bond donors (Lipinski definition) is 1. The van der Waals surface area contributed by atoms with Crippen LogP contribution in [0.25, 0.3) is 0 Å². The lowest BCUT2D eigenvalue weighted by Crippen LogP contribution is -2.47. The molecule has 0 radical (unpaired) electrons. The zero-order valence-electron chi connectivity index (χ0n) is 17.6. The Morgan fingerprint density at radius 2 is 1.73 bits per heavy atom. The first-order chi connectivity index (χ1) is 14.2. The van der Waals surface area contributed by atoms with Crippen LogP contribution < -0.4 is 9.62 Å². The minimum Gasteiger partial charge on any atom is -0.378 e. The van der Waals surface area contributed by atoms with Gasteiger partial charge in [-0.15, -0.1) is 0 Å². The Kier molecular flexibility index (Phi) is 8.69. The second-order valence-corrected chi connectivity index (χ2v) is 9.81. The molecule has 30 heavy (non-hydrogen) atoms. The van der Waals surface area contributed by atoms with E-state index in [4.69, 9.17) is 0 Å². The van der Waals surface area contributed by atoms with Gasteiger partial charge in [0.25, 0.3) is 0 Å². The average molecular weight is 454 g/mol. The SMILES string of the molecule is CSCCC(NS(=O)(=O)c1ccccc1F)C(=O)N(C)Cc1ccc(N(C)C)cc1. The van der Waals surface area contributed by atoms with Gasteiger partial charge in [0.05, 0.1) is 0 Å². The van der Waals surface area contributed by atoms with Crippen LogP contribution in [0.15, 0.2) is 53.4 Å². The maximum Gasteiger partial charge on any atom is 0.244 e. The molecule has 2 aromatic rings. The van der Waals surface area contributed by atoms with Gasteiger partial charge in [-0.2, -0.15) is 16.5 Å². The monoisotopic (exact) mass is 453 g/mol. The summed E-state index contributed by atoms with van der Waals surface area (Å²) < 4.78 is 41.8. The topological polar surface area (TPSA) is 69.7 Å². The number of nitrogens with one attached hydrogen (secondary N) is 1. The number of hydrogen-bond acceptors (Lipinski definition) is 5. The largest absolute Gasteiger partial charge is 0.378 e. The molecular weight excluding hydrogens is 425 g/mol. The van der Waals surface area contributed by atoms with Crippen LogP contribution in [0.5, 0.6) is 0 Å². The van der Waals surface area contributed by atoms with E-state index in [1.54, 1.807) is 7.05 Å². The summed E-state index contributed by atoms with van der Waals surface area (Å²) in [5, 5.41) is 0. The molecule has 0 fully saturated rings.